The largest absolute Gasteiger partial charge is 0.494 e. The first-order valence-corrected chi connectivity index (χ1v) is 9.54. The van der Waals surface area contributed by atoms with E-state index in [1.807, 2.05) is 79.5 Å². The molecule has 4 aromatic rings. The predicted molar refractivity (Wildman–Crippen MR) is 115 cm³/mol. The summed E-state index contributed by atoms with van der Waals surface area (Å²) in [6.45, 7) is 5.95. The normalized spacial score (nSPS) is 11.2. The van der Waals surface area contributed by atoms with Crippen LogP contribution in [0, 0.1) is 6.92 Å². The molecule has 0 aliphatic carbocycles. The van der Waals surface area contributed by atoms with E-state index in [1.165, 1.54) is 0 Å². The van der Waals surface area contributed by atoms with Crippen molar-refractivity contribution in [2.45, 2.75) is 26.9 Å². The molecule has 0 amide bonds. The topological polar surface area (TPSA) is 66.1 Å². The third kappa shape index (κ3) is 3.63. The Morgan fingerprint density at radius 3 is 2.66 bits per heavy atom. The van der Waals surface area contributed by atoms with Gasteiger partial charge in [-0.25, -0.2) is 4.98 Å². The molecule has 150 valence electrons. The lowest BCUT2D eigenvalue weighted by Crippen LogP contribution is -2.09. The van der Waals surface area contributed by atoms with E-state index < -0.39 is 0 Å². The lowest BCUT2D eigenvalue weighted by atomic mass is 10.2. The fourth-order valence-electron chi connectivity index (χ4n) is 3.29. The molecule has 0 aliphatic heterocycles. The molecule has 0 fully saturated rings. The minimum Gasteiger partial charge on any atom is -0.494 e. The number of fused-ring (bicyclic) bond motifs is 1. The summed E-state index contributed by atoms with van der Waals surface area (Å²) in [4.78, 5) is 8.99. The summed E-state index contributed by atoms with van der Waals surface area (Å²) in [6.07, 6.45) is 3.81. The number of methoxy groups -OCH3 is 1. The minimum atomic E-state index is 0.0607. The number of para-hydroxylation sites is 1. The van der Waals surface area contributed by atoms with Crippen molar-refractivity contribution in [2.75, 3.05) is 12.4 Å². The number of aromatic nitrogens is 4. The summed E-state index contributed by atoms with van der Waals surface area (Å²) >= 11 is 0. The molecule has 0 atom stereocenters. The molecule has 0 saturated heterocycles. The van der Waals surface area contributed by atoms with Crippen molar-refractivity contribution in [2.24, 2.45) is 7.05 Å². The lowest BCUT2D eigenvalue weighted by Gasteiger charge is -2.13. The van der Waals surface area contributed by atoms with Crippen LogP contribution in [-0.4, -0.2) is 32.3 Å². The molecular formula is C22H25N5O2. The third-order valence-electron chi connectivity index (χ3n) is 4.66. The molecule has 2 aromatic heterocycles. The Morgan fingerprint density at radius 2 is 1.97 bits per heavy atom. The molecule has 1 N–H and O–H groups in total. The Labute approximate surface area is 169 Å². The van der Waals surface area contributed by atoms with Crippen LogP contribution in [0.1, 0.15) is 19.5 Å². The van der Waals surface area contributed by atoms with Gasteiger partial charge in [-0.2, -0.15) is 4.98 Å². The lowest BCUT2D eigenvalue weighted by molar-refractivity contribution is 0.216. The molecule has 4 rings (SSSR count). The quantitative estimate of drug-likeness (QED) is 0.520. The average molecular weight is 391 g/mol. The monoisotopic (exact) mass is 391 g/mol. The summed E-state index contributed by atoms with van der Waals surface area (Å²) < 4.78 is 15.4. The standard InChI is InChI=1S/C22H25N5O2/c1-14(2)29-22-25-21-17(7-6-8-19(21)26(22)4)24-16-9-10-18(20(11-16)28-5)27-12-15(3)23-13-27/h6-14,24H,1-5H3. The molecule has 29 heavy (non-hydrogen) atoms. The van der Waals surface area contributed by atoms with E-state index in [2.05, 4.69) is 10.3 Å². The van der Waals surface area contributed by atoms with Gasteiger partial charge in [-0.15, -0.1) is 0 Å². The van der Waals surface area contributed by atoms with Gasteiger partial charge in [0.15, 0.2) is 0 Å². The Kier molecular flexibility index (Phi) is 4.88. The van der Waals surface area contributed by atoms with Crippen molar-refractivity contribution in [3.8, 4) is 17.4 Å². The molecule has 0 bridgehead atoms. The van der Waals surface area contributed by atoms with Gasteiger partial charge in [-0.1, -0.05) is 6.07 Å². The van der Waals surface area contributed by atoms with Gasteiger partial charge >= 0.3 is 0 Å². The van der Waals surface area contributed by atoms with Gasteiger partial charge in [0, 0.05) is 25.0 Å². The van der Waals surface area contributed by atoms with E-state index in [-0.39, 0.29) is 6.10 Å². The maximum absolute atomic E-state index is 5.83. The summed E-state index contributed by atoms with van der Waals surface area (Å²) in [5, 5.41) is 3.46. The second-order valence-electron chi connectivity index (χ2n) is 7.23. The highest BCUT2D eigenvalue weighted by molar-refractivity contribution is 5.91. The second kappa shape index (κ2) is 7.50. The van der Waals surface area contributed by atoms with Gasteiger partial charge in [0.25, 0.3) is 6.01 Å². The van der Waals surface area contributed by atoms with E-state index in [0.717, 1.165) is 39.5 Å². The zero-order valence-corrected chi connectivity index (χ0v) is 17.3. The first kappa shape index (κ1) is 18.9. The van der Waals surface area contributed by atoms with Crippen molar-refractivity contribution in [1.29, 1.82) is 0 Å². The Balaban J connectivity index is 1.69. The maximum atomic E-state index is 5.83. The van der Waals surface area contributed by atoms with E-state index in [0.29, 0.717) is 6.01 Å². The summed E-state index contributed by atoms with van der Waals surface area (Å²) in [6, 6.07) is 12.6. The molecule has 2 heterocycles. The number of nitrogens with one attached hydrogen (secondary N) is 1. The van der Waals surface area contributed by atoms with Crippen molar-refractivity contribution < 1.29 is 9.47 Å². The van der Waals surface area contributed by atoms with Crippen molar-refractivity contribution in [3.05, 3.63) is 54.6 Å². The number of ether oxygens (including phenoxy) is 2. The molecule has 0 spiro atoms. The van der Waals surface area contributed by atoms with Gasteiger partial charge in [-0.3, -0.25) is 4.57 Å². The van der Waals surface area contributed by atoms with Gasteiger partial charge in [0.2, 0.25) is 0 Å². The molecule has 0 unspecified atom stereocenters. The molecule has 0 saturated carbocycles. The summed E-state index contributed by atoms with van der Waals surface area (Å²) in [5.74, 6) is 0.754. The molecule has 2 aromatic carbocycles. The summed E-state index contributed by atoms with van der Waals surface area (Å²) in [5.41, 5.74) is 5.57. The molecule has 7 heteroatoms. The van der Waals surface area contributed by atoms with Crippen molar-refractivity contribution in [3.63, 3.8) is 0 Å². The first-order valence-electron chi connectivity index (χ1n) is 9.54. The summed E-state index contributed by atoms with van der Waals surface area (Å²) in [7, 11) is 3.63. The Bertz CT molecular complexity index is 1160. The van der Waals surface area contributed by atoms with Crippen LogP contribution in [0.2, 0.25) is 0 Å². The van der Waals surface area contributed by atoms with Crippen molar-refractivity contribution in [1.82, 2.24) is 19.1 Å². The molecule has 0 radical (unpaired) electrons. The fraction of sp³-hybridized carbons (Fsp3) is 0.273. The second-order valence-corrected chi connectivity index (χ2v) is 7.23. The van der Waals surface area contributed by atoms with E-state index >= 15 is 0 Å². The Hall–Kier alpha value is -3.48. The number of aryl methyl sites for hydroxylation is 2. The van der Waals surface area contributed by atoms with E-state index in [9.17, 15) is 0 Å². The molecular weight excluding hydrogens is 366 g/mol. The van der Waals surface area contributed by atoms with Crippen LogP contribution in [0.15, 0.2) is 48.9 Å². The van der Waals surface area contributed by atoms with Gasteiger partial charge in [0.1, 0.15) is 11.3 Å². The average Bonchev–Trinajstić information content (AvgIpc) is 3.26. The van der Waals surface area contributed by atoms with Crippen LogP contribution in [-0.2, 0) is 7.05 Å². The van der Waals surface area contributed by atoms with Crippen LogP contribution in [0.3, 0.4) is 0 Å². The number of rotatable bonds is 6. The number of imidazole rings is 2. The smallest absolute Gasteiger partial charge is 0.297 e. The van der Waals surface area contributed by atoms with Gasteiger partial charge in [0.05, 0.1) is 42.1 Å². The first-order chi connectivity index (χ1) is 14.0. The SMILES string of the molecule is COc1cc(Nc2cccc3c2nc(OC(C)C)n3C)ccc1-n1cnc(C)c1. The van der Waals surface area contributed by atoms with Gasteiger partial charge in [-0.05, 0) is 45.0 Å². The maximum Gasteiger partial charge on any atom is 0.297 e. The van der Waals surface area contributed by atoms with Gasteiger partial charge < -0.3 is 19.4 Å². The highest BCUT2D eigenvalue weighted by atomic mass is 16.5. The third-order valence-corrected chi connectivity index (χ3v) is 4.66. The zero-order valence-electron chi connectivity index (χ0n) is 17.3. The van der Waals surface area contributed by atoms with Crippen LogP contribution >= 0.6 is 0 Å². The van der Waals surface area contributed by atoms with Crippen LogP contribution in [0.25, 0.3) is 16.7 Å². The minimum absolute atomic E-state index is 0.0607. The number of benzene rings is 2. The Morgan fingerprint density at radius 1 is 1.14 bits per heavy atom. The highest BCUT2D eigenvalue weighted by Gasteiger charge is 2.14. The number of hydrogen-bond acceptors (Lipinski definition) is 5. The predicted octanol–water partition coefficient (Wildman–Crippen LogP) is 4.61. The fourth-order valence-corrected chi connectivity index (χ4v) is 3.29. The van der Waals surface area contributed by atoms with Crippen LogP contribution < -0.4 is 14.8 Å². The van der Waals surface area contributed by atoms with Crippen LogP contribution in [0.5, 0.6) is 11.8 Å². The van der Waals surface area contributed by atoms with Crippen LogP contribution in [0.4, 0.5) is 11.4 Å². The highest BCUT2D eigenvalue weighted by Crippen LogP contribution is 2.32. The molecule has 7 nitrogen and oxygen atoms in total. The number of anilines is 2. The van der Waals surface area contributed by atoms with E-state index in [4.69, 9.17) is 14.5 Å². The zero-order chi connectivity index (χ0) is 20.5. The van der Waals surface area contributed by atoms with Crippen molar-refractivity contribution >= 4 is 22.4 Å². The number of nitrogens with zero attached hydrogens (tertiary/aromatic N) is 4. The molecule has 0 aliphatic rings. The van der Waals surface area contributed by atoms with E-state index in [1.54, 1.807) is 13.4 Å². The number of hydrogen-bond donors (Lipinski definition) is 1.